The van der Waals surface area contributed by atoms with Crippen molar-refractivity contribution >= 4 is 11.8 Å². The second kappa shape index (κ2) is 5.66. The van der Waals surface area contributed by atoms with Crippen molar-refractivity contribution in [3.05, 3.63) is 51.9 Å². The molecule has 20 heavy (non-hydrogen) atoms. The Kier molecular flexibility index (Phi) is 4.13. The van der Waals surface area contributed by atoms with Crippen LogP contribution < -0.4 is 10.3 Å². The van der Waals surface area contributed by atoms with Gasteiger partial charge in [0.25, 0.3) is 5.56 Å². The van der Waals surface area contributed by atoms with E-state index in [2.05, 4.69) is 0 Å². The van der Waals surface area contributed by atoms with Crippen LogP contribution in [0, 0.1) is 18.6 Å². The van der Waals surface area contributed by atoms with E-state index < -0.39 is 11.6 Å². The Balaban J connectivity index is 2.47. The van der Waals surface area contributed by atoms with E-state index in [-0.39, 0.29) is 11.3 Å². The number of thioether (sulfide) groups is 1. The Morgan fingerprint density at radius 3 is 2.55 bits per heavy atom. The van der Waals surface area contributed by atoms with Gasteiger partial charge >= 0.3 is 0 Å². The summed E-state index contributed by atoms with van der Waals surface area (Å²) in [5.41, 5.74) is 0.334. The second-order valence-corrected chi connectivity index (χ2v) is 5.14. The van der Waals surface area contributed by atoms with E-state index >= 15 is 0 Å². The molecule has 0 bridgehead atoms. The fourth-order valence-electron chi connectivity index (χ4n) is 1.80. The van der Waals surface area contributed by atoms with Gasteiger partial charge in [-0.15, -0.1) is 11.8 Å². The fourth-order valence-corrected chi connectivity index (χ4v) is 2.36. The van der Waals surface area contributed by atoms with Crippen LogP contribution in [0.1, 0.15) is 5.56 Å². The zero-order chi connectivity index (χ0) is 14.9. The predicted molar refractivity (Wildman–Crippen MR) is 74.6 cm³/mol. The van der Waals surface area contributed by atoms with Crippen LogP contribution in [0.2, 0.25) is 0 Å². The molecule has 6 heteroatoms. The number of rotatable bonds is 3. The molecular formula is C14H13F2NO2S. The molecule has 2 aromatic rings. The summed E-state index contributed by atoms with van der Waals surface area (Å²) in [6.07, 6.45) is 3.16. The number of benzene rings is 1. The van der Waals surface area contributed by atoms with Gasteiger partial charge in [-0.3, -0.25) is 4.79 Å². The Morgan fingerprint density at radius 2 is 1.95 bits per heavy atom. The van der Waals surface area contributed by atoms with Crippen LogP contribution in [0.25, 0.3) is 0 Å². The molecule has 0 unspecified atom stereocenters. The van der Waals surface area contributed by atoms with Crippen LogP contribution in [-0.4, -0.2) is 10.8 Å². The molecule has 0 atom stereocenters. The minimum absolute atomic E-state index is 0.0445. The highest BCUT2D eigenvalue weighted by Gasteiger charge is 2.14. The molecule has 0 N–H and O–H groups in total. The number of aromatic nitrogens is 1. The lowest BCUT2D eigenvalue weighted by Gasteiger charge is -2.12. The normalized spacial score (nSPS) is 10.7. The first-order chi connectivity index (χ1) is 9.42. The van der Waals surface area contributed by atoms with Crippen molar-refractivity contribution in [2.45, 2.75) is 11.8 Å². The first-order valence-electron chi connectivity index (χ1n) is 5.80. The smallest absolute Gasteiger partial charge is 0.253 e. The minimum Gasteiger partial charge on any atom is -0.452 e. The van der Waals surface area contributed by atoms with E-state index in [1.54, 1.807) is 20.2 Å². The summed E-state index contributed by atoms with van der Waals surface area (Å²) in [7, 11) is 1.58. The van der Waals surface area contributed by atoms with E-state index in [9.17, 15) is 13.6 Å². The van der Waals surface area contributed by atoms with Crippen LogP contribution in [0.15, 0.2) is 34.1 Å². The number of halogens is 2. The van der Waals surface area contributed by atoms with Crippen LogP contribution in [0.3, 0.4) is 0 Å². The van der Waals surface area contributed by atoms with Crippen LogP contribution in [-0.2, 0) is 7.05 Å². The summed E-state index contributed by atoms with van der Waals surface area (Å²) in [6.45, 7) is 1.64. The predicted octanol–water partition coefficient (Wildman–Crippen LogP) is 3.49. The molecule has 2 rings (SSSR count). The third kappa shape index (κ3) is 2.85. The molecule has 0 saturated heterocycles. The summed E-state index contributed by atoms with van der Waals surface area (Å²) in [4.78, 5) is 11.9. The van der Waals surface area contributed by atoms with Gasteiger partial charge in [-0.05, 0) is 25.3 Å². The monoisotopic (exact) mass is 297 g/mol. The van der Waals surface area contributed by atoms with Crippen molar-refractivity contribution < 1.29 is 13.5 Å². The van der Waals surface area contributed by atoms with Gasteiger partial charge in [-0.1, -0.05) is 0 Å². The molecule has 106 valence electrons. The molecule has 3 nitrogen and oxygen atoms in total. The van der Waals surface area contributed by atoms with Crippen molar-refractivity contribution in [2.24, 2.45) is 7.05 Å². The number of pyridine rings is 1. The molecule has 0 amide bonds. The maximum Gasteiger partial charge on any atom is 0.253 e. The van der Waals surface area contributed by atoms with Gasteiger partial charge in [-0.2, -0.15) is 0 Å². The maximum atomic E-state index is 13.8. The molecule has 1 aromatic heterocycles. The highest BCUT2D eigenvalue weighted by atomic mass is 32.2. The molecule has 1 aromatic carbocycles. The Morgan fingerprint density at radius 1 is 1.25 bits per heavy atom. The number of ether oxygens (including phenoxy) is 1. The summed E-state index contributed by atoms with van der Waals surface area (Å²) in [6, 6.07) is 3.50. The van der Waals surface area contributed by atoms with Gasteiger partial charge in [-0.25, -0.2) is 8.78 Å². The second-order valence-electron chi connectivity index (χ2n) is 4.30. The number of hydrogen-bond donors (Lipinski definition) is 0. The minimum atomic E-state index is -0.777. The Labute approximate surface area is 119 Å². The van der Waals surface area contributed by atoms with Gasteiger partial charge in [0, 0.05) is 24.9 Å². The third-order valence-corrected chi connectivity index (χ3v) is 3.49. The van der Waals surface area contributed by atoms with Crippen LogP contribution in [0.5, 0.6) is 11.5 Å². The summed E-state index contributed by atoms with van der Waals surface area (Å²) in [5.74, 6) is -1.15. The van der Waals surface area contributed by atoms with Gasteiger partial charge in [0.2, 0.25) is 0 Å². The van der Waals surface area contributed by atoms with Gasteiger partial charge < -0.3 is 9.30 Å². The van der Waals surface area contributed by atoms with Crippen LogP contribution in [0.4, 0.5) is 8.78 Å². The zero-order valence-electron chi connectivity index (χ0n) is 11.2. The average molecular weight is 297 g/mol. The van der Waals surface area contributed by atoms with Crippen molar-refractivity contribution in [2.75, 3.05) is 6.26 Å². The van der Waals surface area contributed by atoms with E-state index in [0.717, 1.165) is 6.07 Å². The maximum absolute atomic E-state index is 13.8. The molecule has 0 aliphatic carbocycles. The van der Waals surface area contributed by atoms with E-state index in [1.807, 2.05) is 0 Å². The highest BCUT2D eigenvalue weighted by molar-refractivity contribution is 7.98. The number of aryl methyl sites for hydroxylation is 2. The summed E-state index contributed by atoms with van der Waals surface area (Å²) < 4.78 is 33.8. The third-order valence-electron chi connectivity index (χ3n) is 2.75. The topological polar surface area (TPSA) is 31.2 Å². The lowest BCUT2D eigenvalue weighted by molar-refractivity contribution is 0.421. The lowest BCUT2D eigenvalue weighted by Crippen LogP contribution is -2.18. The van der Waals surface area contributed by atoms with Gasteiger partial charge in [0.1, 0.15) is 11.6 Å². The summed E-state index contributed by atoms with van der Waals surface area (Å²) in [5, 5.41) is 0. The zero-order valence-corrected chi connectivity index (χ0v) is 12.1. The highest BCUT2D eigenvalue weighted by Crippen LogP contribution is 2.34. The molecule has 0 saturated carbocycles. The molecular weight excluding hydrogens is 284 g/mol. The summed E-state index contributed by atoms with van der Waals surface area (Å²) >= 11 is 1.18. The van der Waals surface area contributed by atoms with Crippen molar-refractivity contribution in [1.29, 1.82) is 0 Å². The Bertz CT molecular complexity index is 687. The first kappa shape index (κ1) is 14.6. The van der Waals surface area contributed by atoms with Crippen molar-refractivity contribution in [3.8, 4) is 11.5 Å². The quantitative estimate of drug-likeness (QED) is 0.813. The van der Waals surface area contributed by atoms with E-state index in [1.165, 1.54) is 34.7 Å². The van der Waals surface area contributed by atoms with E-state index in [4.69, 9.17) is 4.74 Å². The molecule has 1 heterocycles. The van der Waals surface area contributed by atoms with Crippen molar-refractivity contribution in [1.82, 2.24) is 4.57 Å². The number of nitrogens with zero attached hydrogens (tertiary/aromatic N) is 1. The molecule has 0 fully saturated rings. The molecule has 0 aliphatic heterocycles. The SMILES string of the molecule is CSc1cc(F)cc(F)c1Oc1cc(C)c(=O)n(C)c1. The standard InChI is InChI=1S/C14H13F2NO2S/c1-8-4-10(7-17(2)14(8)18)19-13-11(16)5-9(15)6-12(13)20-3/h4-7H,1-3H3. The van der Waals surface area contributed by atoms with E-state index in [0.29, 0.717) is 16.2 Å². The molecule has 0 radical (unpaired) electrons. The van der Waals surface area contributed by atoms with Crippen LogP contribution >= 0.6 is 11.8 Å². The van der Waals surface area contributed by atoms with Gasteiger partial charge in [0.15, 0.2) is 11.6 Å². The fraction of sp³-hybridized carbons (Fsp3) is 0.214. The Hall–Kier alpha value is -1.82. The first-order valence-corrected chi connectivity index (χ1v) is 7.03. The lowest BCUT2D eigenvalue weighted by atomic mass is 10.3. The molecule has 0 spiro atoms. The van der Waals surface area contributed by atoms with Gasteiger partial charge in [0.05, 0.1) is 4.90 Å². The number of hydrogen-bond acceptors (Lipinski definition) is 3. The van der Waals surface area contributed by atoms with Crippen molar-refractivity contribution in [3.63, 3.8) is 0 Å². The molecule has 0 aliphatic rings. The average Bonchev–Trinajstić information content (AvgIpc) is 2.38. The largest absolute Gasteiger partial charge is 0.452 e.